The van der Waals surface area contributed by atoms with Crippen molar-refractivity contribution in [3.63, 3.8) is 0 Å². The Morgan fingerprint density at radius 1 is 1.12 bits per heavy atom. The fourth-order valence-electron chi connectivity index (χ4n) is 2.63. The lowest BCUT2D eigenvalue weighted by atomic mass is 10.1. The van der Waals surface area contributed by atoms with E-state index in [1.807, 2.05) is 36.4 Å². The quantitative estimate of drug-likeness (QED) is 0.939. The van der Waals surface area contributed by atoms with Crippen LogP contribution in [0.3, 0.4) is 0 Å². The summed E-state index contributed by atoms with van der Waals surface area (Å²) in [7, 11) is 1.80. The number of carbonyl (C=O) groups excluding carboxylic acids is 1. The van der Waals surface area contributed by atoms with Crippen molar-refractivity contribution in [2.45, 2.75) is 20.0 Å². The lowest BCUT2D eigenvalue weighted by Crippen LogP contribution is -2.36. The molecule has 1 aliphatic rings. The highest BCUT2D eigenvalue weighted by atomic mass is 16.6. The molecule has 0 aromatic heterocycles. The van der Waals surface area contributed by atoms with Gasteiger partial charge < -0.3 is 19.7 Å². The van der Waals surface area contributed by atoms with Gasteiger partial charge in [-0.15, -0.1) is 0 Å². The predicted octanol–water partition coefficient (Wildman–Crippen LogP) is 3.11. The summed E-state index contributed by atoms with van der Waals surface area (Å²) in [5.41, 5.74) is 3.32. The molecule has 2 aromatic carbocycles. The van der Waals surface area contributed by atoms with Crippen molar-refractivity contribution in [1.82, 2.24) is 10.2 Å². The molecule has 0 fully saturated rings. The number of hydrogen-bond donors (Lipinski definition) is 1. The van der Waals surface area contributed by atoms with Crippen LogP contribution in [0.25, 0.3) is 0 Å². The third-order valence-electron chi connectivity index (χ3n) is 4.07. The zero-order valence-corrected chi connectivity index (χ0v) is 14.0. The average Bonchev–Trinajstić information content (AvgIpc) is 2.61. The van der Waals surface area contributed by atoms with Gasteiger partial charge in [0, 0.05) is 20.1 Å². The summed E-state index contributed by atoms with van der Waals surface area (Å²) in [5.74, 6) is 1.49. The molecule has 0 saturated carbocycles. The molecule has 1 aliphatic heterocycles. The SMILES string of the molecule is Cc1ccccc1CN(C)C(=O)NCc1ccc2c(c1)OCCO2. The fraction of sp³-hybridized carbons (Fsp3) is 0.316. The van der Waals surface area contributed by atoms with E-state index in [0.717, 1.165) is 22.6 Å². The summed E-state index contributed by atoms with van der Waals surface area (Å²) in [6.07, 6.45) is 0. The molecule has 0 radical (unpaired) electrons. The van der Waals surface area contributed by atoms with Gasteiger partial charge in [0.2, 0.25) is 0 Å². The summed E-state index contributed by atoms with van der Waals surface area (Å²) in [6, 6.07) is 13.7. The van der Waals surface area contributed by atoms with Crippen LogP contribution in [0.15, 0.2) is 42.5 Å². The molecule has 0 spiro atoms. The number of urea groups is 1. The van der Waals surface area contributed by atoms with Gasteiger partial charge in [-0.1, -0.05) is 30.3 Å². The largest absolute Gasteiger partial charge is 0.486 e. The molecule has 5 nitrogen and oxygen atoms in total. The van der Waals surface area contributed by atoms with Crippen molar-refractivity contribution in [2.24, 2.45) is 0 Å². The Balaban J connectivity index is 1.56. The van der Waals surface area contributed by atoms with Crippen LogP contribution in [-0.2, 0) is 13.1 Å². The van der Waals surface area contributed by atoms with Gasteiger partial charge in [0.05, 0.1) is 0 Å². The lowest BCUT2D eigenvalue weighted by Gasteiger charge is -2.20. The standard InChI is InChI=1S/C19H22N2O3/c1-14-5-3-4-6-16(14)13-21(2)19(22)20-12-15-7-8-17-18(11-15)24-10-9-23-17/h3-8,11H,9-10,12-13H2,1-2H3,(H,20,22). The Morgan fingerprint density at radius 2 is 1.88 bits per heavy atom. The first-order valence-electron chi connectivity index (χ1n) is 8.05. The molecule has 126 valence electrons. The number of hydrogen-bond acceptors (Lipinski definition) is 3. The maximum atomic E-state index is 12.3. The summed E-state index contributed by atoms with van der Waals surface area (Å²) < 4.78 is 11.1. The highest BCUT2D eigenvalue weighted by Gasteiger charge is 2.13. The fourth-order valence-corrected chi connectivity index (χ4v) is 2.63. The Hall–Kier alpha value is -2.69. The van der Waals surface area contributed by atoms with E-state index in [1.165, 1.54) is 5.56 Å². The van der Waals surface area contributed by atoms with Crippen molar-refractivity contribution < 1.29 is 14.3 Å². The predicted molar refractivity (Wildman–Crippen MR) is 92.3 cm³/mol. The van der Waals surface area contributed by atoms with Crippen LogP contribution in [0, 0.1) is 6.92 Å². The van der Waals surface area contributed by atoms with Gasteiger partial charge in [-0.3, -0.25) is 0 Å². The van der Waals surface area contributed by atoms with Gasteiger partial charge >= 0.3 is 6.03 Å². The zero-order valence-electron chi connectivity index (χ0n) is 14.0. The van der Waals surface area contributed by atoms with Gasteiger partial charge in [-0.25, -0.2) is 4.79 Å². The normalized spacial score (nSPS) is 12.6. The molecule has 5 heteroatoms. The van der Waals surface area contributed by atoms with E-state index in [1.54, 1.807) is 11.9 Å². The number of nitrogens with zero attached hydrogens (tertiary/aromatic N) is 1. The smallest absolute Gasteiger partial charge is 0.317 e. The highest BCUT2D eigenvalue weighted by Crippen LogP contribution is 2.30. The van der Waals surface area contributed by atoms with E-state index < -0.39 is 0 Å². The summed E-state index contributed by atoms with van der Waals surface area (Å²) in [6.45, 7) is 4.22. The van der Waals surface area contributed by atoms with Crippen LogP contribution >= 0.6 is 0 Å². The van der Waals surface area contributed by atoms with Crippen molar-refractivity contribution in [3.05, 3.63) is 59.2 Å². The Bertz CT molecular complexity index is 730. The number of ether oxygens (including phenoxy) is 2. The molecule has 3 rings (SSSR count). The van der Waals surface area contributed by atoms with Crippen LogP contribution in [0.4, 0.5) is 4.79 Å². The maximum absolute atomic E-state index is 12.3. The van der Waals surface area contributed by atoms with Gasteiger partial charge in [0.25, 0.3) is 0 Å². The molecule has 24 heavy (non-hydrogen) atoms. The van der Waals surface area contributed by atoms with Crippen LogP contribution in [0.2, 0.25) is 0 Å². The first kappa shape index (κ1) is 16.2. The van der Waals surface area contributed by atoms with E-state index in [2.05, 4.69) is 18.3 Å². The zero-order chi connectivity index (χ0) is 16.9. The molecule has 2 amide bonds. The second-order valence-electron chi connectivity index (χ2n) is 5.92. The molecular weight excluding hydrogens is 304 g/mol. The topological polar surface area (TPSA) is 50.8 Å². The average molecular weight is 326 g/mol. The van der Waals surface area contributed by atoms with Gasteiger partial charge in [-0.2, -0.15) is 0 Å². The van der Waals surface area contributed by atoms with E-state index in [0.29, 0.717) is 26.3 Å². The third kappa shape index (κ3) is 3.79. The number of aryl methyl sites for hydroxylation is 1. The molecule has 0 aliphatic carbocycles. The second kappa shape index (κ2) is 7.25. The van der Waals surface area contributed by atoms with E-state index in [4.69, 9.17) is 9.47 Å². The summed E-state index contributed by atoms with van der Waals surface area (Å²) in [4.78, 5) is 14.0. The number of amides is 2. The van der Waals surface area contributed by atoms with Crippen molar-refractivity contribution >= 4 is 6.03 Å². The molecule has 1 N–H and O–H groups in total. The first-order valence-corrected chi connectivity index (χ1v) is 8.05. The molecule has 2 aromatic rings. The highest BCUT2D eigenvalue weighted by molar-refractivity contribution is 5.73. The number of rotatable bonds is 4. The molecule has 0 unspecified atom stereocenters. The molecule has 0 atom stereocenters. The number of fused-ring (bicyclic) bond motifs is 1. The van der Waals surface area contributed by atoms with Crippen LogP contribution in [0.5, 0.6) is 11.5 Å². The molecule has 0 saturated heterocycles. The number of benzene rings is 2. The van der Waals surface area contributed by atoms with Crippen molar-refractivity contribution in [1.29, 1.82) is 0 Å². The Kier molecular flexibility index (Phi) is 4.89. The number of nitrogens with one attached hydrogen (secondary N) is 1. The van der Waals surface area contributed by atoms with E-state index >= 15 is 0 Å². The molecular formula is C19H22N2O3. The third-order valence-corrected chi connectivity index (χ3v) is 4.07. The molecule has 1 heterocycles. The number of carbonyl (C=O) groups is 1. The minimum atomic E-state index is -0.104. The monoisotopic (exact) mass is 326 g/mol. The van der Waals surface area contributed by atoms with Gasteiger partial charge in [0.1, 0.15) is 13.2 Å². The lowest BCUT2D eigenvalue weighted by molar-refractivity contribution is 0.171. The van der Waals surface area contributed by atoms with Crippen LogP contribution in [-0.4, -0.2) is 31.2 Å². The molecule has 0 bridgehead atoms. The Morgan fingerprint density at radius 3 is 2.67 bits per heavy atom. The minimum absolute atomic E-state index is 0.104. The van der Waals surface area contributed by atoms with Gasteiger partial charge in [-0.05, 0) is 35.7 Å². The minimum Gasteiger partial charge on any atom is -0.486 e. The van der Waals surface area contributed by atoms with Crippen LogP contribution < -0.4 is 14.8 Å². The van der Waals surface area contributed by atoms with E-state index in [9.17, 15) is 4.79 Å². The van der Waals surface area contributed by atoms with Crippen molar-refractivity contribution in [3.8, 4) is 11.5 Å². The van der Waals surface area contributed by atoms with Crippen LogP contribution in [0.1, 0.15) is 16.7 Å². The van der Waals surface area contributed by atoms with Gasteiger partial charge in [0.15, 0.2) is 11.5 Å². The first-order chi connectivity index (χ1) is 11.6. The maximum Gasteiger partial charge on any atom is 0.317 e. The van der Waals surface area contributed by atoms with Crippen molar-refractivity contribution in [2.75, 3.05) is 20.3 Å². The van der Waals surface area contributed by atoms with E-state index in [-0.39, 0.29) is 6.03 Å². The Labute approximate surface area is 142 Å². The second-order valence-corrected chi connectivity index (χ2v) is 5.92. The summed E-state index contributed by atoms with van der Waals surface area (Å²) in [5, 5.41) is 2.94. The summed E-state index contributed by atoms with van der Waals surface area (Å²) >= 11 is 0.